The molecule has 2 amide bonds. The number of pyridine rings is 1. The van der Waals surface area contributed by atoms with Gasteiger partial charge in [-0.25, -0.2) is 0 Å². The van der Waals surface area contributed by atoms with Crippen molar-refractivity contribution in [2.24, 2.45) is 5.92 Å². The van der Waals surface area contributed by atoms with Gasteiger partial charge in [0.1, 0.15) is 0 Å². The molecule has 0 spiro atoms. The second kappa shape index (κ2) is 7.92. The fourth-order valence-electron chi connectivity index (χ4n) is 4.32. The first-order valence-electron chi connectivity index (χ1n) is 9.84. The molecule has 146 valence electrons. The second-order valence-corrected chi connectivity index (χ2v) is 8.08. The van der Waals surface area contributed by atoms with Crippen molar-refractivity contribution in [3.8, 4) is 0 Å². The molecule has 28 heavy (non-hydrogen) atoms. The van der Waals surface area contributed by atoms with Gasteiger partial charge >= 0.3 is 0 Å². The van der Waals surface area contributed by atoms with Crippen LogP contribution in [0, 0.1) is 12.8 Å². The molecule has 1 fully saturated rings. The first kappa shape index (κ1) is 18.9. The molecule has 1 saturated heterocycles. The zero-order chi connectivity index (χ0) is 19.7. The van der Waals surface area contributed by atoms with Gasteiger partial charge in [0, 0.05) is 37.6 Å². The van der Waals surface area contributed by atoms with Crippen LogP contribution in [0.1, 0.15) is 40.7 Å². The summed E-state index contributed by atoms with van der Waals surface area (Å²) in [5.41, 5.74) is 3.74. The van der Waals surface area contributed by atoms with Gasteiger partial charge in [-0.15, -0.1) is 0 Å². The summed E-state index contributed by atoms with van der Waals surface area (Å²) in [5.74, 6) is -0.144. The van der Waals surface area contributed by atoms with E-state index in [9.17, 15) is 9.59 Å². The third-order valence-electron chi connectivity index (χ3n) is 5.64. The van der Waals surface area contributed by atoms with Gasteiger partial charge in [0.05, 0.1) is 16.6 Å². The Morgan fingerprint density at radius 2 is 1.93 bits per heavy atom. The van der Waals surface area contributed by atoms with Crippen LogP contribution in [0.5, 0.6) is 0 Å². The lowest BCUT2D eigenvalue weighted by Crippen LogP contribution is -2.48. The van der Waals surface area contributed by atoms with E-state index in [0.717, 1.165) is 42.5 Å². The number of carbonyl (C=O) groups is 2. The molecule has 0 aliphatic carbocycles. The van der Waals surface area contributed by atoms with Gasteiger partial charge in [-0.05, 0) is 61.9 Å². The van der Waals surface area contributed by atoms with Crippen molar-refractivity contribution < 1.29 is 9.59 Å². The number of fused-ring (bicyclic) bond motifs is 1. The molecule has 1 unspecified atom stereocenters. The Bertz CT molecular complexity index is 900. The SMILES string of the molecule is Cc1cc(Cl)c2c(c1)CCCN2C(=O)C1CCCN(C(=O)c2ccncc2)C1. The first-order valence-corrected chi connectivity index (χ1v) is 10.2. The van der Waals surface area contributed by atoms with E-state index in [4.69, 9.17) is 11.6 Å². The summed E-state index contributed by atoms with van der Waals surface area (Å²) in [5, 5.41) is 0.642. The number of carbonyl (C=O) groups excluding carboxylic acids is 2. The summed E-state index contributed by atoms with van der Waals surface area (Å²) >= 11 is 6.52. The lowest BCUT2D eigenvalue weighted by atomic mass is 9.93. The number of nitrogens with zero attached hydrogens (tertiary/aromatic N) is 3. The normalized spacial score (nSPS) is 19.3. The van der Waals surface area contributed by atoms with Crippen LogP contribution in [-0.4, -0.2) is 41.3 Å². The maximum atomic E-state index is 13.4. The van der Waals surface area contributed by atoms with Crippen molar-refractivity contribution >= 4 is 29.1 Å². The molecule has 1 aromatic heterocycles. The number of hydrogen-bond donors (Lipinski definition) is 0. The van der Waals surface area contributed by atoms with Crippen molar-refractivity contribution in [3.63, 3.8) is 0 Å². The fraction of sp³-hybridized carbons (Fsp3) is 0.409. The molecule has 0 saturated carbocycles. The molecule has 4 rings (SSSR count). The standard InChI is InChI=1S/C22H24ClN3O2/c1-15-12-17-4-3-11-26(20(17)19(23)13-15)22(28)18-5-2-10-25(14-18)21(27)16-6-8-24-9-7-16/h6-9,12-13,18H,2-5,10-11,14H2,1H3. The molecule has 2 aliphatic heterocycles. The van der Waals surface area contributed by atoms with E-state index in [0.29, 0.717) is 30.2 Å². The second-order valence-electron chi connectivity index (χ2n) is 7.67. The summed E-state index contributed by atoms with van der Waals surface area (Å²) < 4.78 is 0. The highest BCUT2D eigenvalue weighted by molar-refractivity contribution is 6.34. The molecule has 0 radical (unpaired) electrons. The van der Waals surface area contributed by atoms with Gasteiger partial charge in [-0.1, -0.05) is 17.7 Å². The highest BCUT2D eigenvalue weighted by Gasteiger charge is 2.34. The van der Waals surface area contributed by atoms with Gasteiger partial charge in [-0.3, -0.25) is 14.6 Å². The molecule has 1 aromatic carbocycles. The maximum Gasteiger partial charge on any atom is 0.253 e. The van der Waals surface area contributed by atoms with Gasteiger partial charge in [0.15, 0.2) is 0 Å². The minimum Gasteiger partial charge on any atom is -0.338 e. The van der Waals surface area contributed by atoms with Crippen LogP contribution in [0.25, 0.3) is 0 Å². The van der Waals surface area contributed by atoms with E-state index < -0.39 is 0 Å². The van der Waals surface area contributed by atoms with Gasteiger partial charge in [0.2, 0.25) is 5.91 Å². The van der Waals surface area contributed by atoms with Crippen LogP contribution in [0.4, 0.5) is 5.69 Å². The topological polar surface area (TPSA) is 53.5 Å². The highest BCUT2D eigenvalue weighted by Crippen LogP contribution is 2.37. The Morgan fingerprint density at radius 1 is 1.14 bits per heavy atom. The number of amides is 2. The smallest absolute Gasteiger partial charge is 0.253 e. The number of likely N-dealkylation sites (tertiary alicyclic amines) is 1. The highest BCUT2D eigenvalue weighted by atomic mass is 35.5. The maximum absolute atomic E-state index is 13.4. The lowest BCUT2D eigenvalue weighted by molar-refractivity contribution is -0.123. The van der Waals surface area contributed by atoms with E-state index in [1.165, 1.54) is 0 Å². The molecule has 5 nitrogen and oxygen atoms in total. The Labute approximate surface area is 170 Å². The number of halogens is 1. The van der Waals surface area contributed by atoms with Crippen molar-refractivity contribution in [2.45, 2.75) is 32.6 Å². The quantitative estimate of drug-likeness (QED) is 0.772. The van der Waals surface area contributed by atoms with Crippen LogP contribution in [-0.2, 0) is 11.2 Å². The number of aryl methyl sites for hydroxylation is 2. The van der Waals surface area contributed by atoms with E-state index in [-0.39, 0.29) is 17.7 Å². The van der Waals surface area contributed by atoms with Crippen molar-refractivity contribution in [2.75, 3.05) is 24.5 Å². The molecule has 0 bridgehead atoms. The van der Waals surface area contributed by atoms with Crippen LogP contribution in [0.15, 0.2) is 36.7 Å². The molecule has 0 N–H and O–H groups in total. The molecule has 1 atom stereocenters. The molecule has 6 heteroatoms. The zero-order valence-electron chi connectivity index (χ0n) is 16.0. The largest absolute Gasteiger partial charge is 0.338 e. The average molecular weight is 398 g/mol. The van der Waals surface area contributed by atoms with E-state index in [1.807, 2.05) is 17.9 Å². The zero-order valence-corrected chi connectivity index (χ0v) is 16.8. The third-order valence-corrected chi connectivity index (χ3v) is 5.92. The Hall–Kier alpha value is -2.40. The van der Waals surface area contributed by atoms with Crippen molar-refractivity contribution in [1.82, 2.24) is 9.88 Å². The third kappa shape index (κ3) is 3.63. The Kier molecular flexibility index (Phi) is 5.36. The summed E-state index contributed by atoms with van der Waals surface area (Å²) in [7, 11) is 0. The van der Waals surface area contributed by atoms with E-state index >= 15 is 0 Å². The molecular formula is C22H24ClN3O2. The molecule has 3 heterocycles. The molecular weight excluding hydrogens is 374 g/mol. The predicted octanol–water partition coefficient (Wildman–Crippen LogP) is 3.88. The minimum absolute atomic E-state index is 0.0346. The number of benzene rings is 1. The van der Waals surface area contributed by atoms with E-state index in [1.54, 1.807) is 29.4 Å². The van der Waals surface area contributed by atoms with Crippen molar-refractivity contribution in [3.05, 3.63) is 58.4 Å². The summed E-state index contributed by atoms with van der Waals surface area (Å²) in [6, 6.07) is 7.49. The number of rotatable bonds is 2. The van der Waals surface area contributed by atoms with Crippen LogP contribution in [0.3, 0.4) is 0 Å². The van der Waals surface area contributed by atoms with Crippen LogP contribution in [0.2, 0.25) is 5.02 Å². The Balaban J connectivity index is 1.54. The number of hydrogen-bond acceptors (Lipinski definition) is 3. The minimum atomic E-state index is -0.192. The summed E-state index contributed by atoms with van der Waals surface area (Å²) in [6.45, 7) is 3.84. The molecule has 2 aromatic rings. The lowest BCUT2D eigenvalue weighted by Gasteiger charge is -2.37. The molecule has 2 aliphatic rings. The summed E-state index contributed by atoms with van der Waals surface area (Å²) in [4.78, 5) is 33.8. The van der Waals surface area contributed by atoms with Crippen LogP contribution < -0.4 is 4.90 Å². The van der Waals surface area contributed by atoms with Gasteiger partial charge in [-0.2, -0.15) is 0 Å². The monoisotopic (exact) mass is 397 g/mol. The van der Waals surface area contributed by atoms with Crippen molar-refractivity contribution in [1.29, 1.82) is 0 Å². The predicted molar refractivity (Wildman–Crippen MR) is 110 cm³/mol. The fourth-order valence-corrected chi connectivity index (χ4v) is 4.72. The number of aromatic nitrogens is 1. The first-order chi connectivity index (χ1) is 13.5. The van der Waals surface area contributed by atoms with Gasteiger partial charge < -0.3 is 9.80 Å². The summed E-state index contributed by atoms with van der Waals surface area (Å²) in [6.07, 6.45) is 6.75. The number of anilines is 1. The van der Waals surface area contributed by atoms with E-state index in [2.05, 4.69) is 11.1 Å². The average Bonchev–Trinajstić information content (AvgIpc) is 2.72. The van der Waals surface area contributed by atoms with Gasteiger partial charge in [0.25, 0.3) is 5.91 Å². The number of piperidine rings is 1. The Morgan fingerprint density at radius 3 is 2.71 bits per heavy atom. The van der Waals surface area contributed by atoms with Crippen LogP contribution >= 0.6 is 11.6 Å².